The lowest BCUT2D eigenvalue weighted by atomic mass is 9.83. The molecule has 0 radical (unpaired) electrons. The van der Waals surface area contributed by atoms with Gasteiger partial charge in [-0.15, -0.1) is 0 Å². The van der Waals surface area contributed by atoms with E-state index in [0.717, 1.165) is 21.8 Å². The molecule has 0 bridgehead atoms. The first-order chi connectivity index (χ1) is 8.70. The van der Waals surface area contributed by atoms with Crippen LogP contribution in [-0.4, -0.2) is 11.0 Å². The van der Waals surface area contributed by atoms with Crippen LogP contribution in [-0.2, 0) is 0 Å². The number of rotatable bonds is 4. The fourth-order valence-corrected chi connectivity index (χ4v) is 3.27. The molecule has 1 aliphatic rings. The normalized spacial score (nSPS) is 23.9. The fourth-order valence-electron chi connectivity index (χ4n) is 2.81. The predicted octanol–water partition coefficient (Wildman–Crippen LogP) is 4.20. The largest absolute Gasteiger partial charge is 0.396 e. The van der Waals surface area contributed by atoms with Crippen molar-refractivity contribution in [3.63, 3.8) is 0 Å². The molecular formula is C14H22BrN3. The second kappa shape index (κ2) is 6.41. The van der Waals surface area contributed by atoms with Crippen molar-refractivity contribution in [2.75, 3.05) is 11.1 Å². The second-order valence-corrected chi connectivity index (χ2v) is 6.09. The van der Waals surface area contributed by atoms with Crippen molar-refractivity contribution >= 4 is 27.3 Å². The molecule has 1 heterocycles. The van der Waals surface area contributed by atoms with Crippen LogP contribution in [0.15, 0.2) is 16.9 Å². The van der Waals surface area contributed by atoms with E-state index in [4.69, 9.17) is 5.73 Å². The average Bonchev–Trinajstić information content (AvgIpc) is 2.36. The quantitative estimate of drug-likeness (QED) is 0.876. The molecule has 1 saturated carbocycles. The Morgan fingerprint density at radius 2 is 2.06 bits per heavy atom. The van der Waals surface area contributed by atoms with Gasteiger partial charge in [-0.1, -0.05) is 19.8 Å². The van der Waals surface area contributed by atoms with Gasteiger partial charge in [-0.05, 0) is 47.5 Å². The summed E-state index contributed by atoms with van der Waals surface area (Å²) in [6, 6.07) is 0.555. The minimum absolute atomic E-state index is 0.555. The number of anilines is 2. The van der Waals surface area contributed by atoms with E-state index in [1.165, 1.54) is 38.5 Å². The summed E-state index contributed by atoms with van der Waals surface area (Å²) in [5, 5.41) is 3.57. The Kier molecular flexibility index (Phi) is 4.87. The van der Waals surface area contributed by atoms with E-state index in [2.05, 4.69) is 33.2 Å². The first-order valence-corrected chi connectivity index (χ1v) is 7.65. The van der Waals surface area contributed by atoms with Crippen LogP contribution in [0.25, 0.3) is 0 Å². The molecule has 0 atom stereocenters. The summed E-state index contributed by atoms with van der Waals surface area (Å²) in [6.07, 6.45) is 11.4. The predicted molar refractivity (Wildman–Crippen MR) is 80.6 cm³/mol. The van der Waals surface area contributed by atoms with Gasteiger partial charge in [0.2, 0.25) is 0 Å². The van der Waals surface area contributed by atoms with Crippen LogP contribution in [0.1, 0.15) is 45.4 Å². The van der Waals surface area contributed by atoms with E-state index in [9.17, 15) is 0 Å². The van der Waals surface area contributed by atoms with Crippen LogP contribution < -0.4 is 11.1 Å². The van der Waals surface area contributed by atoms with Gasteiger partial charge in [-0.25, -0.2) is 0 Å². The fraction of sp³-hybridized carbons (Fsp3) is 0.643. The van der Waals surface area contributed by atoms with Crippen LogP contribution in [0.5, 0.6) is 0 Å². The molecule has 0 unspecified atom stereocenters. The molecule has 3 nitrogen and oxygen atoms in total. The van der Waals surface area contributed by atoms with Gasteiger partial charge in [0.05, 0.1) is 22.0 Å². The van der Waals surface area contributed by atoms with Crippen LogP contribution in [0.4, 0.5) is 11.4 Å². The molecule has 1 aliphatic carbocycles. The lowest BCUT2D eigenvalue weighted by molar-refractivity contribution is 0.319. The molecule has 18 heavy (non-hydrogen) atoms. The number of pyridine rings is 1. The first kappa shape index (κ1) is 13.7. The topological polar surface area (TPSA) is 50.9 Å². The number of nitrogens with one attached hydrogen (secondary N) is 1. The molecule has 1 fully saturated rings. The summed E-state index contributed by atoms with van der Waals surface area (Å²) in [5.74, 6) is 0.936. The van der Waals surface area contributed by atoms with Crippen LogP contribution >= 0.6 is 15.9 Å². The van der Waals surface area contributed by atoms with Gasteiger partial charge in [0.15, 0.2) is 0 Å². The number of hydrogen-bond acceptors (Lipinski definition) is 3. The summed E-state index contributed by atoms with van der Waals surface area (Å²) in [4.78, 5) is 4.06. The van der Waals surface area contributed by atoms with Gasteiger partial charge < -0.3 is 11.1 Å². The number of nitrogen functional groups attached to an aromatic ring is 1. The molecule has 3 N–H and O–H groups in total. The molecular weight excluding hydrogens is 290 g/mol. The highest BCUT2D eigenvalue weighted by atomic mass is 79.9. The van der Waals surface area contributed by atoms with Gasteiger partial charge in [0.25, 0.3) is 0 Å². The van der Waals surface area contributed by atoms with Gasteiger partial charge >= 0.3 is 0 Å². The monoisotopic (exact) mass is 311 g/mol. The molecule has 1 aromatic heterocycles. The maximum absolute atomic E-state index is 5.96. The molecule has 0 aromatic carbocycles. The summed E-state index contributed by atoms with van der Waals surface area (Å²) in [7, 11) is 0. The Bertz CT molecular complexity index is 366. The highest BCUT2D eigenvalue weighted by Gasteiger charge is 2.21. The van der Waals surface area contributed by atoms with Gasteiger partial charge in [-0.2, -0.15) is 0 Å². The number of hydrogen-bond donors (Lipinski definition) is 2. The number of nitrogens with two attached hydrogens (primary N) is 1. The molecule has 0 saturated heterocycles. The third kappa shape index (κ3) is 3.37. The second-order valence-electron chi connectivity index (χ2n) is 5.24. The number of halogens is 1. The van der Waals surface area contributed by atoms with E-state index < -0.39 is 0 Å². The SMILES string of the molecule is CCCC1CCC(Nc2c(N)cncc2Br)CC1. The Balaban J connectivity index is 1.92. The minimum Gasteiger partial charge on any atom is -0.396 e. The molecule has 100 valence electrons. The van der Waals surface area contributed by atoms with E-state index in [1.807, 2.05) is 0 Å². The zero-order valence-corrected chi connectivity index (χ0v) is 12.5. The third-order valence-electron chi connectivity index (χ3n) is 3.82. The third-order valence-corrected chi connectivity index (χ3v) is 4.42. The average molecular weight is 312 g/mol. The Labute approximate surface area is 118 Å². The Morgan fingerprint density at radius 1 is 1.33 bits per heavy atom. The van der Waals surface area contributed by atoms with Gasteiger partial charge in [0, 0.05) is 12.2 Å². The van der Waals surface area contributed by atoms with Crippen molar-refractivity contribution in [2.24, 2.45) is 5.92 Å². The maximum Gasteiger partial charge on any atom is 0.0752 e. The number of aromatic nitrogens is 1. The van der Waals surface area contributed by atoms with Crippen molar-refractivity contribution in [3.8, 4) is 0 Å². The van der Waals surface area contributed by atoms with Crippen molar-refractivity contribution in [2.45, 2.75) is 51.5 Å². The highest BCUT2D eigenvalue weighted by molar-refractivity contribution is 9.10. The molecule has 0 aliphatic heterocycles. The lowest BCUT2D eigenvalue weighted by Crippen LogP contribution is -2.26. The maximum atomic E-state index is 5.96. The summed E-state index contributed by atoms with van der Waals surface area (Å²) in [6.45, 7) is 2.28. The van der Waals surface area contributed by atoms with E-state index >= 15 is 0 Å². The Hall–Kier alpha value is -0.770. The number of nitrogens with zero attached hydrogens (tertiary/aromatic N) is 1. The van der Waals surface area contributed by atoms with Gasteiger partial charge in [0.1, 0.15) is 0 Å². The van der Waals surface area contributed by atoms with E-state index in [1.54, 1.807) is 12.4 Å². The summed E-state index contributed by atoms with van der Waals surface area (Å²) >= 11 is 3.51. The molecule has 4 heteroatoms. The smallest absolute Gasteiger partial charge is 0.0752 e. The van der Waals surface area contributed by atoms with E-state index in [0.29, 0.717) is 6.04 Å². The van der Waals surface area contributed by atoms with Crippen molar-refractivity contribution in [3.05, 3.63) is 16.9 Å². The molecule has 2 rings (SSSR count). The highest BCUT2D eigenvalue weighted by Crippen LogP contribution is 2.33. The van der Waals surface area contributed by atoms with Crippen molar-refractivity contribution < 1.29 is 0 Å². The van der Waals surface area contributed by atoms with Crippen molar-refractivity contribution in [1.82, 2.24) is 4.98 Å². The molecule has 0 spiro atoms. The zero-order valence-electron chi connectivity index (χ0n) is 11.0. The van der Waals surface area contributed by atoms with Crippen molar-refractivity contribution in [1.29, 1.82) is 0 Å². The molecule has 0 amide bonds. The lowest BCUT2D eigenvalue weighted by Gasteiger charge is -2.30. The first-order valence-electron chi connectivity index (χ1n) is 6.86. The zero-order chi connectivity index (χ0) is 13.0. The van der Waals surface area contributed by atoms with Crippen LogP contribution in [0.3, 0.4) is 0 Å². The van der Waals surface area contributed by atoms with Gasteiger partial charge in [-0.3, -0.25) is 4.98 Å². The Morgan fingerprint density at radius 3 is 2.67 bits per heavy atom. The standard InChI is InChI=1S/C14H22BrN3/c1-2-3-10-4-6-11(7-5-10)18-14-12(15)8-17-9-13(14)16/h8-11H,2-7,16H2,1H3,(H,17,18). The van der Waals surface area contributed by atoms with Crippen LogP contribution in [0.2, 0.25) is 0 Å². The van der Waals surface area contributed by atoms with E-state index in [-0.39, 0.29) is 0 Å². The minimum atomic E-state index is 0.555. The summed E-state index contributed by atoms with van der Waals surface area (Å²) in [5.41, 5.74) is 7.68. The summed E-state index contributed by atoms with van der Waals surface area (Å²) < 4.78 is 0.957. The van der Waals surface area contributed by atoms with Crippen LogP contribution in [0, 0.1) is 5.92 Å². The molecule has 1 aromatic rings.